The number of hydrogen-bond acceptors (Lipinski definition) is 5. The molecule has 5 nitrogen and oxygen atoms in total. The molecule has 2 aromatic carbocycles. The number of nitrogens with one attached hydrogen (secondary N) is 1. The van der Waals surface area contributed by atoms with E-state index in [1.807, 2.05) is 48.5 Å². The topological polar surface area (TPSA) is 70.9 Å². The number of amides is 1. The van der Waals surface area contributed by atoms with Gasteiger partial charge in [0.15, 0.2) is 0 Å². The molecule has 1 unspecified atom stereocenters. The standard InChI is InChI=1S/C17H16N2O3S/c1-22-16(20)18-15-17(21,13-10-6-3-7-11-13)19-14(23-15)12-8-4-2-5-9-12/h2-11,15,21H,1H3,(H,18,20)/t15?,17-/m0/s1. The molecule has 1 heterocycles. The number of hydrogen-bond donors (Lipinski definition) is 2. The van der Waals surface area contributed by atoms with Gasteiger partial charge >= 0.3 is 6.09 Å². The van der Waals surface area contributed by atoms with Crippen LogP contribution in [0, 0.1) is 0 Å². The van der Waals surface area contributed by atoms with Crippen LogP contribution in [0.3, 0.4) is 0 Å². The van der Waals surface area contributed by atoms with E-state index >= 15 is 0 Å². The van der Waals surface area contributed by atoms with Crippen LogP contribution < -0.4 is 5.32 Å². The van der Waals surface area contributed by atoms with E-state index < -0.39 is 17.2 Å². The molecule has 2 N–H and O–H groups in total. The van der Waals surface area contributed by atoms with Crippen LogP contribution in [0.4, 0.5) is 4.79 Å². The van der Waals surface area contributed by atoms with Crippen molar-refractivity contribution >= 4 is 22.9 Å². The van der Waals surface area contributed by atoms with Gasteiger partial charge < -0.3 is 15.2 Å². The van der Waals surface area contributed by atoms with Crippen LogP contribution in [0.2, 0.25) is 0 Å². The minimum Gasteiger partial charge on any atom is -0.453 e. The lowest BCUT2D eigenvalue weighted by Crippen LogP contribution is -2.45. The molecule has 0 radical (unpaired) electrons. The van der Waals surface area contributed by atoms with Crippen molar-refractivity contribution in [3.8, 4) is 0 Å². The molecule has 2 aromatic rings. The van der Waals surface area contributed by atoms with Crippen molar-refractivity contribution in [2.75, 3.05) is 7.11 Å². The molecular formula is C17H16N2O3S. The van der Waals surface area contributed by atoms with E-state index in [9.17, 15) is 9.90 Å². The molecule has 1 amide bonds. The van der Waals surface area contributed by atoms with Crippen molar-refractivity contribution < 1.29 is 14.6 Å². The summed E-state index contributed by atoms with van der Waals surface area (Å²) >= 11 is 1.30. The van der Waals surface area contributed by atoms with E-state index in [0.29, 0.717) is 10.6 Å². The summed E-state index contributed by atoms with van der Waals surface area (Å²) in [6.45, 7) is 0. The number of benzene rings is 2. The first-order valence-electron chi connectivity index (χ1n) is 7.08. The number of thioether (sulfide) groups is 1. The Kier molecular flexibility index (Phi) is 4.36. The number of ether oxygens (including phenoxy) is 1. The lowest BCUT2D eigenvalue weighted by atomic mass is 10.0. The van der Waals surface area contributed by atoms with Gasteiger partial charge in [0.25, 0.3) is 0 Å². The van der Waals surface area contributed by atoms with E-state index in [-0.39, 0.29) is 0 Å². The Morgan fingerprint density at radius 2 is 1.78 bits per heavy atom. The second-order valence-electron chi connectivity index (χ2n) is 5.01. The van der Waals surface area contributed by atoms with Crippen molar-refractivity contribution in [1.29, 1.82) is 0 Å². The van der Waals surface area contributed by atoms with Crippen molar-refractivity contribution in [2.24, 2.45) is 4.99 Å². The molecule has 23 heavy (non-hydrogen) atoms. The summed E-state index contributed by atoms with van der Waals surface area (Å²) in [6, 6.07) is 18.6. The monoisotopic (exact) mass is 328 g/mol. The van der Waals surface area contributed by atoms with Gasteiger partial charge in [-0.3, -0.25) is 0 Å². The van der Waals surface area contributed by atoms with Gasteiger partial charge in [-0.1, -0.05) is 72.4 Å². The van der Waals surface area contributed by atoms with E-state index in [1.54, 1.807) is 12.1 Å². The van der Waals surface area contributed by atoms with Gasteiger partial charge in [0.05, 0.1) is 7.11 Å². The van der Waals surface area contributed by atoms with Crippen molar-refractivity contribution in [2.45, 2.75) is 11.1 Å². The fourth-order valence-corrected chi connectivity index (χ4v) is 3.54. The predicted octanol–water partition coefficient (Wildman–Crippen LogP) is 2.71. The normalized spacial score (nSPS) is 23.2. The number of carbonyl (C=O) groups is 1. The molecule has 118 valence electrons. The molecule has 2 atom stereocenters. The van der Waals surface area contributed by atoms with Crippen LogP contribution in [-0.4, -0.2) is 28.7 Å². The van der Waals surface area contributed by atoms with Gasteiger partial charge in [0.2, 0.25) is 5.72 Å². The number of aliphatic imine (C=N–C) groups is 1. The molecule has 1 aliphatic heterocycles. The number of nitrogens with zero attached hydrogens (tertiary/aromatic N) is 1. The smallest absolute Gasteiger partial charge is 0.407 e. The fraction of sp³-hybridized carbons (Fsp3) is 0.176. The summed E-state index contributed by atoms with van der Waals surface area (Å²) in [5, 5.41) is 13.8. The predicted molar refractivity (Wildman–Crippen MR) is 90.2 cm³/mol. The van der Waals surface area contributed by atoms with Crippen LogP contribution in [-0.2, 0) is 10.5 Å². The highest BCUT2D eigenvalue weighted by atomic mass is 32.2. The van der Waals surface area contributed by atoms with Crippen molar-refractivity contribution in [3.05, 3.63) is 71.8 Å². The van der Waals surface area contributed by atoms with E-state index in [2.05, 4.69) is 15.0 Å². The van der Waals surface area contributed by atoms with Crippen LogP contribution in [0.1, 0.15) is 11.1 Å². The molecule has 0 bridgehead atoms. The number of carbonyl (C=O) groups excluding carboxylic acids is 1. The third kappa shape index (κ3) is 3.09. The van der Waals surface area contributed by atoms with E-state index in [1.165, 1.54) is 18.9 Å². The Morgan fingerprint density at radius 3 is 2.39 bits per heavy atom. The highest BCUT2D eigenvalue weighted by molar-refractivity contribution is 8.15. The maximum atomic E-state index is 11.6. The summed E-state index contributed by atoms with van der Waals surface area (Å²) < 4.78 is 4.66. The quantitative estimate of drug-likeness (QED) is 0.909. The summed E-state index contributed by atoms with van der Waals surface area (Å²) in [7, 11) is 1.29. The Labute approximate surface area is 138 Å². The Hall–Kier alpha value is -2.31. The van der Waals surface area contributed by atoms with Crippen LogP contribution in [0.5, 0.6) is 0 Å². The van der Waals surface area contributed by atoms with Crippen LogP contribution in [0.15, 0.2) is 65.7 Å². The first-order chi connectivity index (χ1) is 11.1. The molecule has 0 aromatic heterocycles. The zero-order valence-electron chi connectivity index (χ0n) is 12.5. The average molecular weight is 328 g/mol. The highest BCUT2D eigenvalue weighted by Crippen LogP contribution is 2.41. The fourth-order valence-electron chi connectivity index (χ4n) is 2.34. The zero-order chi connectivity index (χ0) is 16.3. The highest BCUT2D eigenvalue weighted by Gasteiger charge is 2.46. The number of rotatable bonds is 3. The van der Waals surface area contributed by atoms with Crippen LogP contribution in [0.25, 0.3) is 0 Å². The van der Waals surface area contributed by atoms with Crippen molar-refractivity contribution in [1.82, 2.24) is 5.32 Å². The summed E-state index contributed by atoms with van der Waals surface area (Å²) in [5.41, 5.74) is -0.0495. The third-order valence-electron chi connectivity index (χ3n) is 3.52. The van der Waals surface area contributed by atoms with Crippen molar-refractivity contribution in [3.63, 3.8) is 0 Å². The molecular weight excluding hydrogens is 312 g/mol. The Bertz CT molecular complexity index is 721. The maximum absolute atomic E-state index is 11.6. The van der Waals surface area contributed by atoms with Gasteiger partial charge in [0, 0.05) is 11.1 Å². The third-order valence-corrected chi connectivity index (χ3v) is 4.75. The first kappa shape index (κ1) is 15.6. The molecule has 0 saturated carbocycles. The Morgan fingerprint density at radius 1 is 1.17 bits per heavy atom. The molecule has 0 aliphatic carbocycles. The number of aliphatic hydroxyl groups is 1. The molecule has 0 fully saturated rings. The lowest BCUT2D eigenvalue weighted by Gasteiger charge is -2.27. The van der Waals surface area contributed by atoms with Crippen LogP contribution >= 0.6 is 11.8 Å². The molecule has 0 spiro atoms. The van der Waals surface area contributed by atoms with Gasteiger partial charge in [-0.25, -0.2) is 9.79 Å². The largest absolute Gasteiger partial charge is 0.453 e. The summed E-state index contributed by atoms with van der Waals surface area (Å²) in [6.07, 6.45) is -0.610. The molecule has 0 saturated heterocycles. The number of alkyl carbamates (subject to hydrolysis) is 1. The van der Waals surface area contributed by atoms with E-state index in [0.717, 1.165) is 5.56 Å². The average Bonchev–Trinajstić information content (AvgIpc) is 2.94. The number of methoxy groups -OCH3 is 1. The van der Waals surface area contributed by atoms with Gasteiger partial charge in [-0.2, -0.15) is 0 Å². The second-order valence-corrected chi connectivity index (χ2v) is 6.10. The zero-order valence-corrected chi connectivity index (χ0v) is 13.3. The molecule has 1 aliphatic rings. The van der Waals surface area contributed by atoms with Gasteiger partial charge in [-0.15, -0.1) is 0 Å². The SMILES string of the molecule is COC(=O)NC1SC(c2ccccc2)=N[C@]1(O)c1ccccc1. The second kappa shape index (κ2) is 6.44. The maximum Gasteiger partial charge on any atom is 0.407 e. The lowest BCUT2D eigenvalue weighted by molar-refractivity contribution is 0.0372. The van der Waals surface area contributed by atoms with Gasteiger partial charge in [-0.05, 0) is 0 Å². The molecule has 6 heteroatoms. The van der Waals surface area contributed by atoms with Gasteiger partial charge in [0.1, 0.15) is 10.4 Å². The summed E-state index contributed by atoms with van der Waals surface area (Å²) in [4.78, 5) is 16.1. The minimum atomic E-state index is -1.55. The first-order valence-corrected chi connectivity index (χ1v) is 7.96. The minimum absolute atomic E-state index is 0.610. The van der Waals surface area contributed by atoms with E-state index in [4.69, 9.17) is 0 Å². The molecule has 3 rings (SSSR count). The summed E-state index contributed by atoms with van der Waals surface area (Å²) in [5.74, 6) is 0. The Balaban J connectivity index is 2.00.